The van der Waals surface area contributed by atoms with Crippen LogP contribution in [0.5, 0.6) is 0 Å². The van der Waals surface area contributed by atoms with Crippen LogP contribution in [0.25, 0.3) is 0 Å². The first kappa shape index (κ1) is 6.85. The standard InChI is InChI=1S/C5H10N4O/c1-3(2)7-5-8-4(6)9-10-5/h3H,1-2H3,(H3,6,7,8,9). The van der Waals surface area contributed by atoms with Crippen molar-refractivity contribution in [1.82, 2.24) is 10.1 Å². The van der Waals surface area contributed by atoms with Crippen LogP contribution in [0.15, 0.2) is 4.52 Å². The zero-order valence-corrected chi connectivity index (χ0v) is 5.96. The fourth-order valence-electron chi connectivity index (χ4n) is 0.540. The predicted octanol–water partition coefficient (Wildman–Crippen LogP) is 0.472. The first-order valence-electron chi connectivity index (χ1n) is 3.04. The van der Waals surface area contributed by atoms with Gasteiger partial charge in [0.05, 0.1) is 0 Å². The monoisotopic (exact) mass is 142 g/mol. The minimum absolute atomic E-state index is 0.156. The number of aromatic nitrogens is 2. The van der Waals surface area contributed by atoms with Crippen molar-refractivity contribution in [2.45, 2.75) is 19.9 Å². The Morgan fingerprint density at radius 2 is 2.30 bits per heavy atom. The van der Waals surface area contributed by atoms with Gasteiger partial charge in [-0.3, -0.25) is 0 Å². The summed E-state index contributed by atoms with van der Waals surface area (Å²) in [6.07, 6.45) is 0. The van der Waals surface area contributed by atoms with Gasteiger partial charge < -0.3 is 15.6 Å². The number of nitrogens with one attached hydrogen (secondary N) is 1. The van der Waals surface area contributed by atoms with Crippen molar-refractivity contribution in [3.8, 4) is 0 Å². The maximum atomic E-state index is 5.20. The van der Waals surface area contributed by atoms with Crippen molar-refractivity contribution in [1.29, 1.82) is 0 Å². The van der Waals surface area contributed by atoms with Gasteiger partial charge in [0, 0.05) is 6.04 Å². The number of nitrogens with zero attached hydrogens (tertiary/aromatic N) is 2. The van der Waals surface area contributed by atoms with Crippen LogP contribution in [0.1, 0.15) is 13.8 Å². The number of rotatable bonds is 2. The lowest BCUT2D eigenvalue weighted by molar-refractivity contribution is 0.430. The normalized spacial score (nSPS) is 10.3. The van der Waals surface area contributed by atoms with Crippen molar-refractivity contribution in [2.24, 2.45) is 0 Å². The fraction of sp³-hybridized carbons (Fsp3) is 0.600. The summed E-state index contributed by atoms with van der Waals surface area (Å²) < 4.78 is 4.68. The molecule has 3 N–H and O–H groups in total. The Labute approximate surface area is 58.6 Å². The molecule has 0 saturated heterocycles. The Bertz CT molecular complexity index is 207. The predicted molar refractivity (Wildman–Crippen MR) is 37.5 cm³/mol. The Kier molecular flexibility index (Phi) is 1.75. The molecule has 0 aliphatic rings. The Hall–Kier alpha value is -1.26. The molecule has 1 heterocycles. The van der Waals surface area contributed by atoms with Gasteiger partial charge in [0.15, 0.2) is 0 Å². The quantitative estimate of drug-likeness (QED) is 0.627. The van der Waals surface area contributed by atoms with E-state index in [1.165, 1.54) is 0 Å². The third kappa shape index (κ3) is 1.61. The fourth-order valence-corrected chi connectivity index (χ4v) is 0.540. The number of nitrogens with two attached hydrogens (primary N) is 1. The third-order valence-electron chi connectivity index (χ3n) is 0.854. The SMILES string of the molecule is CC(C)Nc1nc(N)no1. The molecule has 0 radical (unpaired) electrons. The second-order valence-corrected chi connectivity index (χ2v) is 2.26. The molecule has 0 saturated carbocycles. The van der Waals surface area contributed by atoms with Gasteiger partial charge in [-0.25, -0.2) is 0 Å². The van der Waals surface area contributed by atoms with E-state index < -0.39 is 0 Å². The second kappa shape index (κ2) is 2.55. The van der Waals surface area contributed by atoms with Gasteiger partial charge in [-0.2, -0.15) is 4.98 Å². The summed E-state index contributed by atoms with van der Waals surface area (Å²) in [6, 6.07) is 0.646. The highest BCUT2D eigenvalue weighted by Crippen LogP contribution is 2.04. The highest BCUT2D eigenvalue weighted by molar-refractivity contribution is 5.26. The van der Waals surface area contributed by atoms with E-state index in [2.05, 4.69) is 20.0 Å². The average molecular weight is 142 g/mol. The highest BCUT2D eigenvalue weighted by atomic mass is 16.5. The molecule has 1 rings (SSSR count). The van der Waals surface area contributed by atoms with Crippen LogP contribution in [0.4, 0.5) is 12.0 Å². The Morgan fingerprint density at radius 3 is 2.70 bits per heavy atom. The summed E-state index contributed by atoms with van der Waals surface area (Å²) in [7, 11) is 0. The van der Waals surface area contributed by atoms with Gasteiger partial charge in [-0.05, 0) is 19.0 Å². The van der Waals surface area contributed by atoms with Crippen molar-refractivity contribution in [3.05, 3.63) is 0 Å². The molecule has 0 aliphatic heterocycles. The molecule has 0 fully saturated rings. The molecule has 5 nitrogen and oxygen atoms in total. The molecule has 0 spiro atoms. The molecule has 0 aliphatic carbocycles. The van der Waals surface area contributed by atoms with E-state index in [0.717, 1.165) is 0 Å². The van der Waals surface area contributed by atoms with Gasteiger partial charge >= 0.3 is 6.01 Å². The van der Waals surface area contributed by atoms with E-state index in [4.69, 9.17) is 5.73 Å². The summed E-state index contributed by atoms with van der Waals surface area (Å²) in [5.74, 6) is 0.156. The molecule has 0 bridgehead atoms. The van der Waals surface area contributed by atoms with Crippen LogP contribution < -0.4 is 11.1 Å². The highest BCUT2D eigenvalue weighted by Gasteiger charge is 2.01. The third-order valence-corrected chi connectivity index (χ3v) is 0.854. The smallest absolute Gasteiger partial charge is 0.323 e. The summed E-state index contributed by atoms with van der Waals surface area (Å²) in [5, 5.41) is 6.30. The molecule has 1 aromatic heterocycles. The molecular weight excluding hydrogens is 132 g/mol. The maximum Gasteiger partial charge on any atom is 0.323 e. The molecule has 0 unspecified atom stereocenters. The van der Waals surface area contributed by atoms with Gasteiger partial charge in [0.2, 0.25) is 0 Å². The van der Waals surface area contributed by atoms with Crippen LogP contribution in [-0.4, -0.2) is 16.2 Å². The molecule has 0 atom stereocenters. The van der Waals surface area contributed by atoms with Crippen molar-refractivity contribution >= 4 is 12.0 Å². The van der Waals surface area contributed by atoms with E-state index in [-0.39, 0.29) is 12.0 Å². The van der Waals surface area contributed by atoms with Gasteiger partial charge in [-0.15, -0.1) is 0 Å². The topological polar surface area (TPSA) is 77.0 Å². The summed E-state index contributed by atoms with van der Waals surface area (Å²) in [6.45, 7) is 3.95. The molecule has 0 aromatic carbocycles. The largest absolute Gasteiger partial charge is 0.365 e. The maximum absolute atomic E-state index is 5.20. The van der Waals surface area contributed by atoms with Gasteiger partial charge in [0.1, 0.15) is 0 Å². The lowest BCUT2D eigenvalue weighted by Gasteiger charge is -2.01. The van der Waals surface area contributed by atoms with Crippen LogP contribution in [0.2, 0.25) is 0 Å². The second-order valence-electron chi connectivity index (χ2n) is 2.26. The van der Waals surface area contributed by atoms with E-state index in [1.807, 2.05) is 13.8 Å². The summed E-state index contributed by atoms with van der Waals surface area (Å²) in [4.78, 5) is 3.74. The lowest BCUT2D eigenvalue weighted by atomic mass is 10.4. The molecule has 56 valence electrons. The van der Waals surface area contributed by atoms with Gasteiger partial charge in [-0.1, -0.05) is 0 Å². The Balaban J connectivity index is 2.58. The zero-order valence-electron chi connectivity index (χ0n) is 5.96. The van der Waals surface area contributed by atoms with Gasteiger partial charge in [0.25, 0.3) is 5.95 Å². The molecular formula is C5H10N4O. The van der Waals surface area contributed by atoms with Crippen molar-refractivity contribution in [3.63, 3.8) is 0 Å². The number of anilines is 2. The van der Waals surface area contributed by atoms with Crippen LogP contribution in [0, 0.1) is 0 Å². The van der Waals surface area contributed by atoms with Crippen LogP contribution >= 0.6 is 0 Å². The van der Waals surface area contributed by atoms with E-state index in [9.17, 15) is 0 Å². The van der Waals surface area contributed by atoms with E-state index in [0.29, 0.717) is 6.01 Å². The number of hydrogen-bond donors (Lipinski definition) is 2. The average Bonchev–Trinajstić information content (AvgIpc) is 2.13. The minimum atomic E-state index is 0.156. The minimum Gasteiger partial charge on any atom is -0.365 e. The number of nitrogen functional groups attached to an aromatic ring is 1. The first-order chi connectivity index (χ1) is 4.68. The molecule has 0 amide bonds. The Morgan fingerprint density at radius 1 is 1.60 bits per heavy atom. The van der Waals surface area contributed by atoms with Crippen LogP contribution in [0.3, 0.4) is 0 Å². The van der Waals surface area contributed by atoms with Crippen molar-refractivity contribution in [2.75, 3.05) is 11.1 Å². The van der Waals surface area contributed by atoms with E-state index in [1.54, 1.807) is 0 Å². The van der Waals surface area contributed by atoms with E-state index >= 15 is 0 Å². The molecule has 10 heavy (non-hydrogen) atoms. The van der Waals surface area contributed by atoms with Crippen LogP contribution in [-0.2, 0) is 0 Å². The zero-order chi connectivity index (χ0) is 7.56. The first-order valence-corrected chi connectivity index (χ1v) is 3.04. The summed E-state index contributed by atoms with van der Waals surface area (Å²) in [5.41, 5.74) is 5.20. The summed E-state index contributed by atoms with van der Waals surface area (Å²) >= 11 is 0. The van der Waals surface area contributed by atoms with Crippen molar-refractivity contribution < 1.29 is 4.52 Å². The number of hydrogen-bond acceptors (Lipinski definition) is 5. The molecule has 5 heteroatoms. The lowest BCUT2D eigenvalue weighted by Crippen LogP contribution is -2.09. The molecule has 1 aromatic rings.